The van der Waals surface area contributed by atoms with Crippen LogP contribution in [0.5, 0.6) is 0 Å². The van der Waals surface area contributed by atoms with Gasteiger partial charge in [-0.25, -0.2) is 9.97 Å². The second kappa shape index (κ2) is 4.83. The Morgan fingerprint density at radius 2 is 1.71 bits per heavy atom. The Morgan fingerprint density at radius 1 is 1.05 bits per heavy atom. The minimum Gasteiger partial charge on any atom is -0.384 e. The monoisotopic (exact) mass is 281 g/mol. The number of nitrogen functional groups attached to an aromatic ring is 1. The van der Waals surface area contributed by atoms with Crippen molar-refractivity contribution in [1.29, 1.82) is 0 Å². The number of aromatic nitrogens is 2. The Kier molecular flexibility index (Phi) is 3.23. The fourth-order valence-corrected chi connectivity index (χ4v) is 2.99. The van der Waals surface area contributed by atoms with Crippen molar-refractivity contribution in [3.05, 3.63) is 53.5 Å². The zero-order chi connectivity index (χ0) is 15.1. The van der Waals surface area contributed by atoms with Gasteiger partial charge in [-0.15, -0.1) is 0 Å². The van der Waals surface area contributed by atoms with Crippen LogP contribution in [0.4, 0.5) is 5.82 Å². The number of anilines is 1. The molecule has 2 aromatic rings. The third-order valence-electron chi connectivity index (χ3n) is 4.48. The van der Waals surface area contributed by atoms with Gasteiger partial charge in [0.1, 0.15) is 11.6 Å². The van der Waals surface area contributed by atoms with E-state index in [9.17, 15) is 0 Å². The minimum absolute atomic E-state index is 0.0204. The van der Waals surface area contributed by atoms with Gasteiger partial charge in [-0.1, -0.05) is 57.5 Å². The van der Waals surface area contributed by atoms with Gasteiger partial charge in [-0.2, -0.15) is 0 Å². The van der Waals surface area contributed by atoms with Gasteiger partial charge in [0.15, 0.2) is 0 Å². The van der Waals surface area contributed by atoms with Crippen LogP contribution in [0.3, 0.4) is 0 Å². The van der Waals surface area contributed by atoms with E-state index in [1.165, 1.54) is 12.0 Å². The van der Waals surface area contributed by atoms with Crippen LogP contribution >= 0.6 is 0 Å². The molecule has 1 aromatic heterocycles. The first-order chi connectivity index (χ1) is 9.92. The van der Waals surface area contributed by atoms with Crippen LogP contribution in [-0.4, -0.2) is 9.97 Å². The molecule has 0 radical (unpaired) electrons. The molecule has 110 valence electrons. The summed E-state index contributed by atoms with van der Waals surface area (Å²) in [4.78, 5) is 9.47. The zero-order valence-corrected chi connectivity index (χ0v) is 13.1. The maximum absolute atomic E-state index is 6.06. The van der Waals surface area contributed by atoms with Crippen molar-refractivity contribution >= 4 is 5.82 Å². The van der Waals surface area contributed by atoms with E-state index in [1.807, 2.05) is 6.07 Å². The minimum atomic E-state index is -0.0450. The van der Waals surface area contributed by atoms with Crippen molar-refractivity contribution in [2.45, 2.75) is 50.9 Å². The van der Waals surface area contributed by atoms with Crippen LogP contribution in [0, 0.1) is 0 Å². The van der Waals surface area contributed by atoms with Gasteiger partial charge in [-0.3, -0.25) is 0 Å². The smallest absolute Gasteiger partial charge is 0.141 e. The van der Waals surface area contributed by atoms with Gasteiger partial charge in [0, 0.05) is 11.5 Å². The highest BCUT2D eigenvalue weighted by Crippen LogP contribution is 2.48. The number of rotatable bonds is 2. The molecular weight excluding hydrogens is 258 g/mol. The molecule has 0 unspecified atom stereocenters. The molecule has 1 fully saturated rings. The summed E-state index contributed by atoms with van der Waals surface area (Å²) in [5.41, 5.74) is 8.32. The summed E-state index contributed by atoms with van der Waals surface area (Å²) in [7, 11) is 0. The highest BCUT2D eigenvalue weighted by molar-refractivity contribution is 5.40. The predicted molar refractivity (Wildman–Crippen MR) is 86.2 cm³/mol. The summed E-state index contributed by atoms with van der Waals surface area (Å²) in [5, 5.41) is 0. The molecule has 0 saturated heterocycles. The Labute approximate surface area is 126 Å². The van der Waals surface area contributed by atoms with Crippen LogP contribution in [0.25, 0.3) is 0 Å². The molecule has 1 aromatic carbocycles. The fraction of sp³-hybridized carbons (Fsp3) is 0.444. The van der Waals surface area contributed by atoms with E-state index in [4.69, 9.17) is 10.7 Å². The van der Waals surface area contributed by atoms with E-state index in [2.05, 4.69) is 56.1 Å². The van der Waals surface area contributed by atoms with Crippen molar-refractivity contribution < 1.29 is 0 Å². The molecule has 1 saturated carbocycles. The van der Waals surface area contributed by atoms with Crippen LogP contribution in [0.1, 0.15) is 57.1 Å². The van der Waals surface area contributed by atoms with Gasteiger partial charge >= 0.3 is 0 Å². The Balaban J connectivity index is 2.12. The van der Waals surface area contributed by atoms with Crippen molar-refractivity contribution in [3.8, 4) is 0 Å². The van der Waals surface area contributed by atoms with Crippen LogP contribution < -0.4 is 5.73 Å². The second-order valence-electron chi connectivity index (χ2n) is 7.05. The largest absolute Gasteiger partial charge is 0.384 e. The second-order valence-corrected chi connectivity index (χ2v) is 7.05. The SMILES string of the molecule is CC(C)(C)c1cc(N)nc(C2(c3ccccc3)CCC2)n1. The zero-order valence-electron chi connectivity index (χ0n) is 13.1. The predicted octanol–water partition coefficient (Wildman–Crippen LogP) is 3.83. The van der Waals surface area contributed by atoms with E-state index < -0.39 is 0 Å². The standard InChI is InChI=1S/C18H23N3/c1-17(2,3)14-12-15(19)21-16(20-14)18(10-7-11-18)13-8-5-4-6-9-13/h4-6,8-9,12H,7,10-11H2,1-3H3,(H2,19,20,21). The van der Waals surface area contributed by atoms with E-state index in [-0.39, 0.29) is 10.8 Å². The Bertz CT molecular complexity index is 637. The van der Waals surface area contributed by atoms with Gasteiger partial charge < -0.3 is 5.73 Å². The number of benzene rings is 1. The Morgan fingerprint density at radius 3 is 2.24 bits per heavy atom. The lowest BCUT2D eigenvalue weighted by Gasteiger charge is -2.41. The molecule has 0 bridgehead atoms. The Hall–Kier alpha value is -1.90. The molecule has 1 aliphatic carbocycles. The molecule has 1 heterocycles. The highest BCUT2D eigenvalue weighted by atomic mass is 15.0. The van der Waals surface area contributed by atoms with Gasteiger partial charge in [0.25, 0.3) is 0 Å². The summed E-state index contributed by atoms with van der Waals surface area (Å²) in [6.07, 6.45) is 3.42. The topological polar surface area (TPSA) is 51.8 Å². The molecule has 21 heavy (non-hydrogen) atoms. The van der Waals surface area contributed by atoms with Crippen molar-refractivity contribution in [1.82, 2.24) is 9.97 Å². The lowest BCUT2D eigenvalue weighted by atomic mass is 9.63. The molecule has 0 spiro atoms. The average molecular weight is 281 g/mol. The fourth-order valence-electron chi connectivity index (χ4n) is 2.99. The molecule has 3 rings (SSSR count). The number of hydrogen-bond acceptors (Lipinski definition) is 3. The third-order valence-corrected chi connectivity index (χ3v) is 4.48. The van der Waals surface area contributed by atoms with Crippen LogP contribution in [0.15, 0.2) is 36.4 Å². The maximum Gasteiger partial charge on any atom is 0.141 e. The summed E-state index contributed by atoms with van der Waals surface area (Å²) in [5.74, 6) is 1.47. The van der Waals surface area contributed by atoms with Gasteiger partial charge in [0.05, 0.1) is 11.1 Å². The molecule has 2 N–H and O–H groups in total. The maximum atomic E-state index is 6.06. The van der Waals surface area contributed by atoms with Gasteiger partial charge in [-0.05, 0) is 18.4 Å². The average Bonchev–Trinajstić information content (AvgIpc) is 2.37. The van der Waals surface area contributed by atoms with Crippen molar-refractivity contribution in [2.75, 3.05) is 5.73 Å². The summed E-state index contributed by atoms with van der Waals surface area (Å²) in [6, 6.07) is 12.5. The first-order valence-electron chi connectivity index (χ1n) is 7.63. The molecule has 3 nitrogen and oxygen atoms in total. The lowest BCUT2D eigenvalue weighted by Crippen LogP contribution is -2.38. The van der Waals surface area contributed by atoms with Crippen molar-refractivity contribution in [2.24, 2.45) is 0 Å². The third kappa shape index (κ3) is 2.41. The summed E-state index contributed by atoms with van der Waals surface area (Å²) < 4.78 is 0. The quantitative estimate of drug-likeness (QED) is 0.910. The van der Waals surface area contributed by atoms with Crippen molar-refractivity contribution in [3.63, 3.8) is 0 Å². The molecule has 1 aliphatic rings. The first kappa shape index (κ1) is 14.1. The summed E-state index contributed by atoms with van der Waals surface area (Å²) >= 11 is 0. The van der Waals surface area contributed by atoms with E-state index in [0.29, 0.717) is 5.82 Å². The van der Waals surface area contributed by atoms with E-state index >= 15 is 0 Å². The molecular formula is C18H23N3. The number of nitrogens with two attached hydrogens (primary N) is 1. The van der Waals surface area contributed by atoms with Gasteiger partial charge in [0.2, 0.25) is 0 Å². The molecule has 0 atom stereocenters. The van der Waals surface area contributed by atoms with Crippen LogP contribution in [-0.2, 0) is 10.8 Å². The molecule has 0 amide bonds. The van der Waals surface area contributed by atoms with E-state index in [0.717, 1.165) is 24.4 Å². The molecule has 3 heteroatoms. The first-order valence-corrected chi connectivity index (χ1v) is 7.63. The number of nitrogens with zero attached hydrogens (tertiary/aromatic N) is 2. The summed E-state index contributed by atoms with van der Waals surface area (Å²) in [6.45, 7) is 6.48. The van der Waals surface area contributed by atoms with Crippen LogP contribution in [0.2, 0.25) is 0 Å². The lowest BCUT2D eigenvalue weighted by molar-refractivity contribution is 0.283. The van der Waals surface area contributed by atoms with E-state index in [1.54, 1.807) is 0 Å². The normalized spacial score (nSPS) is 17.3. The highest BCUT2D eigenvalue weighted by Gasteiger charge is 2.43. The molecule has 0 aliphatic heterocycles. The number of hydrogen-bond donors (Lipinski definition) is 1.